The molecule has 0 radical (unpaired) electrons. The van der Waals surface area contributed by atoms with Crippen LogP contribution in [0, 0.1) is 13.8 Å². The summed E-state index contributed by atoms with van der Waals surface area (Å²) in [5.41, 5.74) is 4.34. The average molecular weight is 371 g/mol. The first-order chi connectivity index (χ1) is 13.6. The lowest BCUT2D eigenvalue weighted by Gasteiger charge is -2.17. The fourth-order valence-electron chi connectivity index (χ4n) is 3.31. The van der Waals surface area contributed by atoms with Gasteiger partial charge in [0.25, 0.3) is 5.91 Å². The predicted molar refractivity (Wildman–Crippen MR) is 107 cm³/mol. The number of nitrogens with one attached hydrogen (secondary N) is 1. The maximum atomic E-state index is 13.1. The second-order valence-electron chi connectivity index (χ2n) is 6.67. The molecule has 28 heavy (non-hydrogen) atoms. The lowest BCUT2D eigenvalue weighted by Crippen LogP contribution is -2.29. The van der Waals surface area contributed by atoms with E-state index in [9.17, 15) is 4.79 Å². The van der Waals surface area contributed by atoms with E-state index in [1.807, 2.05) is 80.6 Å². The van der Waals surface area contributed by atoms with Gasteiger partial charge in [0.2, 0.25) is 0 Å². The van der Waals surface area contributed by atoms with Crippen molar-refractivity contribution in [3.8, 4) is 5.69 Å². The maximum absolute atomic E-state index is 13.1. The zero-order chi connectivity index (χ0) is 19.5. The van der Waals surface area contributed by atoms with Crippen molar-refractivity contribution < 1.29 is 9.21 Å². The number of hydrogen-bond donors (Lipinski definition) is 1. The van der Waals surface area contributed by atoms with Crippen molar-refractivity contribution in [3.63, 3.8) is 0 Å². The van der Waals surface area contributed by atoms with Gasteiger partial charge in [0.15, 0.2) is 0 Å². The molecule has 0 aliphatic rings. The maximum Gasteiger partial charge on any atom is 0.255 e. The monoisotopic (exact) mass is 371 g/mol. The van der Waals surface area contributed by atoms with Gasteiger partial charge in [-0.15, -0.1) is 0 Å². The normalized spacial score (nSPS) is 11.9. The Hall–Kier alpha value is -3.60. The van der Waals surface area contributed by atoms with Crippen molar-refractivity contribution in [1.29, 1.82) is 0 Å². The van der Waals surface area contributed by atoms with E-state index in [4.69, 9.17) is 4.42 Å². The van der Waals surface area contributed by atoms with Gasteiger partial charge in [-0.05, 0) is 43.2 Å². The molecule has 1 atom stereocenters. The van der Waals surface area contributed by atoms with Crippen molar-refractivity contribution in [2.75, 3.05) is 0 Å². The number of rotatable bonds is 5. The zero-order valence-corrected chi connectivity index (χ0v) is 15.8. The highest BCUT2D eigenvalue weighted by atomic mass is 16.3. The molecule has 2 heterocycles. The lowest BCUT2D eigenvalue weighted by atomic mass is 10.0. The molecule has 5 heteroatoms. The molecular formula is C23H21N3O2. The summed E-state index contributed by atoms with van der Waals surface area (Å²) in [6.07, 6.45) is 3.22. The van der Waals surface area contributed by atoms with Crippen LogP contribution in [0.3, 0.4) is 0 Å². The first-order valence-corrected chi connectivity index (χ1v) is 9.15. The summed E-state index contributed by atoms with van der Waals surface area (Å²) in [6.45, 7) is 3.93. The first kappa shape index (κ1) is 17.8. The molecule has 1 unspecified atom stereocenters. The molecule has 5 nitrogen and oxygen atoms in total. The fourth-order valence-corrected chi connectivity index (χ4v) is 3.31. The Labute approximate surface area is 163 Å². The third kappa shape index (κ3) is 3.34. The fraction of sp³-hybridized carbons (Fsp3) is 0.130. The third-order valence-corrected chi connectivity index (χ3v) is 4.83. The van der Waals surface area contributed by atoms with Crippen LogP contribution >= 0.6 is 0 Å². The molecule has 0 aliphatic carbocycles. The van der Waals surface area contributed by atoms with Crippen molar-refractivity contribution >= 4 is 5.91 Å². The molecule has 2 aromatic carbocycles. The van der Waals surface area contributed by atoms with Crippen LogP contribution in [0.2, 0.25) is 0 Å². The van der Waals surface area contributed by atoms with Crippen LogP contribution in [0.4, 0.5) is 0 Å². The number of benzene rings is 2. The van der Waals surface area contributed by atoms with E-state index in [2.05, 4.69) is 10.4 Å². The molecule has 0 spiro atoms. The molecule has 0 bridgehead atoms. The molecule has 4 rings (SSSR count). The van der Waals surface area contributed by atoms with E-state index in [1.54, 1.807) is 17.1 Å². The number of para-hydroxylation sites is 1. The second kappa shape index (κ2) is 7.56. The lowest BCUT2D eigenvalue weighted by molar-refractivity contribution is 0.0938. The van der Waals surface area contributed by atoms with Crippen molar-refractivity contribution in [3.05, 3.63) is 107 Å². The Morgan fingerprint density at radius 2 is 1.75 bits per heavy atom. The Morgan fingerprint density at radius 1 is 1.00 bits per heavy atom. The van der Waals surface area contributed by atoms with Crippen molar-refractivity contribution in [1.82, 2.24) is 15.1 Å². The topological polar surface area (TPSA) is 60.1 Å². The summed E-state index contributed by atoms with van der Waals surface area (Å²) in [5, 5.41) is 7.53. The molecular weight excluding hydrogens is 350 g/mol. The quantitative estimate of drug-likeness (QED) is 0.558. The summed E-state index contributed by atoms with van der Waals surface area (Å²) in [6, 6.07) is 21.0. The number of carbonyl (C=O) groups is 1. The summed E-state index contributed by atoms with van der Waals surface area (Å²) >= 11 is 0. The summed E-state index contributed by atoms with van der Waals surface area (Å²) in [7, 11) is 0. The highest BCUT2D eigenvalue weighted by Crippen LogP contribution is 2.24. The first-order valence-electron chi connectivity index (χ1n) is 9.15. The van der Waals surface area contributed by atoms with E-state index in [-0.39, 0.29) is 11.9 Å². The average Bonchev–Trinajstić information content (AvgIpc) is 3.37. The van der Waals surface area contributed by atoms with Gasteiger partial charge >= 0.3 is 0 Å². The largest absolute Gasteiger partial charge is 0.467 e. The Balaban J connectivity index is 1.65. The van der Waals surface area contributed by atoms with E-state index >= 15 is 0 Å². The number of aromatic nitrogens is 2. The van der Waals surface area contributed by atoms with Crippen LogP contribution < -0.4 is 5.32 Å². The molecule has 140 valence electrons. The molecule has 0 saturated heterocycles. The smallest absolute Gasteiger partial charge is 0.255 e. The van der Waals surface area contributed by atoms with Gasteiger partial charge < -0.3 is 9.73 Å². The minimum Gasteiger partial charge on any atom is -0.467 e. The Bertz CT molecular complexity index is 1080. The second-order valence-corrected chi connectivity index (χ2v) is 6.67. The minimum atomic E-state index is -0.370. The minimum absolute atomic E-state index is 0.192. The SMILES string of the molecule is Cc1ccccc1-n1ncc(C(=O)NC(c2ccccc2)c2ccco2)c1C. The van der Waals surface area contributed by atoms with Crippen LogP contribution in [0.5, 0.6) is 0 Å². The number of furan rings is 1. The van der Waals surface area contributed by atoms with Crippen LogP contribution in [-0.4, -0.2) is 15.7 Å². The summed E-state index contributed by atoms with van der Waals surface area (Å²) in [4.78, 5) is 13.1. The van der Waals surface area contributed by atoms with Crippen LogP contribution in [0.1, 0.15) is 39.0 Å². The van der Waals surface area contributed by atoms with Gasteiger partial charge in [-0.2, -0.15) is 5.10 Å². The molecule has 0 aliphatic heterocycles. The van der Waals surface area contributed by atoms with Crippen molar-refractivity contribution in [2.24, 2.45) is 0 Å². The molecule has 1 amide bonds. The number of carbonyl (C=O) groups excluding carboxylic acids is 1. The summed E-state index contributed by atoms with van der Waals surface area (Å²) in [5.74, 6) is 0.492. The highest BCUT2D eigenvalue weighted by molar-refractivity contribution is 5.95. The Kier molecular flexibility index (Phi) is 4.81. The predicted octanol–water partition coefficient (Wildman–Crippen LogP) is 4.60. The molecule has 0 saturated carbocycles. The van der Waals surface area contributed by atoms with Gasteiger partial charge in [0, 0.05) is 0 Å². The van der Waals surface area contributed by atoms with Gasteiger partial charge in [-0.1, -0.05) is 48.5 Å². The number of hydrogen-bond acceptors (Lipinski definition) is 3. The van der Waals surface area contributed by atoms with E-state index in [0.29, 0.717) is 11.3 Å². The van der Waals surface area contributed by atoms with Gasteiger partial charge in [0.1, 0.15) is 11.8 Å². The van der Waals surface area contributed by atoms with E-state index in [1.165, 1.54) is 0 Å². The molecule has 0 fully saturated rings. The van der Waals surface area contributed by atoms with Crippen LogP contribution in [-0.2, 0) is 0 Å². The standard InChI is InChI=1S/C23H21N3O2/c1-16-9-6-7-12-20(16)26-17(2)19(15-24-26)23(27)25-22(21-13-8-14-28-21)18-10-4-3-5-11-18/h3-15,22H,1-2H3,(H,25,27). The Morgan fingerprint density at radius 3 is 2.46 bits per heavy atom. The van der Waals surface area contributed by atoms with Gasteiger partial charge in [0.05, 0.1) is 29.4 Å². The zero-order valence-electron chi connectivity index (χ0n) is 15.8. The van der Waals surface area contributed by atoms with Gasteiger partial charge in [-0.3, -0.25) is 4.79 Å². The molecule has 1 N–H and O–H groups in total. The van der Waals surface area contributed by atoms with Crippen LogP contribution in [0.15, 0.2) is 83.6 Å². The summed E-state index contributed by atoms with van der Waals surface area (Å²) < 4.78 is 7.37. The van der Waals surface area contributed by atoms with Gasteiger partial charge in [-0.25, -0.2) is 4.68 Å². The highest BCUT2D eigenvalue weighted by Gasteiger charge is 2.23. The number of nitrogens with zero attached hydrogens (tertiary/aromatic N) is 2. The molecule has 4 aromatic rings. The van der Waals surface area contributed by atoms with E-state index in [0.717, 1.165) is 22.5 Å². The third-order valence-electron chi connectivity index (χ3n) is 4.83. The number of amides is 1. The number of aryl methyl sites for hydroxylation is 1. The molecule has 2 aromatic heterocycles. The van der Waals surface area contributed by atoms with Crippen molar-refractivity contribution in [2.45, 2.75) is 19.9 Å². The van der Waals surface area contributed by atoms with Crippen LogP contribution in [0.25, 0.3) is 5.69 Å². The van der Waals surface area contributed by atoms with E-state index < -0.39 is 0 Å².